The number of para-hydroxylation sites is 1. The summed E-state index contributed by atoms with van der Waals surface area (Å²) >= 11 is 6.56. The van der Waals surface area contributed by atoms with E-state index >= 15 is 0 Å². The molecule has 1 aliphatic rings. The monoisotopic (exact) mass is 282 g/mol. The van der Waals surface area contributed by atoms with Crippen molar-refractivity contribution < 1.29 is 9.53 Å². The van der Waals surface area contributed by atoms with Crippen LogP contribution in [-0.4, -0.2) is 28.3 Å². The Morgan fingerprint density at radius 3 is 2.78 bits per heavy atom. The Hall–Kier alpha value is -1.11. The number of thiocarbonyl (C=S) groups is 1. The molecule has 18 heavy (non-hydrogen) atoms. The smallest absolute Gasteiger partial charge is 0.323 e. The molecule has 0 aromatic heterocycles. The number of carbonyl (C=O) groups is 1. The summed E-state index contributed by atoms with van der Waals surface area (Å²) in [7, 11) is 0. The van der Waals surface area contributed by atoms with Crippen LogP contribution in [0, 0.1) is 0 Å². The molecule has 0 radical (unpaired) electrons. The molecule has 1 aromatic carbocycles. The van der Waals surface area contributed by atoms with E-state index in [1.165, 1.54) is 11.8 Å². The number of thioether (sulfide) groups is 1. The molecule has 0 aliphatic carbocycles. The van der Waals surface area contributed by atoms with E-state index in [0.29, 0.717) is 10.9 Å². The Balaban J connectivity index is 2.20. The van der Waals surface area contributed by atoms with Crippen molar-refractivity contribution >= 4 is 40.0 Å². The van der Waals surface area contributed by atoms with E-state index in [4.69, 9.17) is 22.7 Å². The summed E-state index contributed by atoms with van der Waals surface area (Å²) in [5.41, 5.74) is 6.99. The van der Waals surface area contributed by atoms with E-state index in [0.717, 1.165) is 5.69 Å². The molecule has 1 fully saturated rings. The van der Waals surface area contributed by atoms with E-state index < -0.39 is 11.4 Å². The Bertz CT molecular complexity index is 453. The molecule has 6 heteroatoms. The Kier molecular flexibility index (Phi) is 4.21. The average molecular weight is 282 g/mol. The van der Waals surface area contributed by atoms with E-state index in [1.54, 1.807) is 11.8 Å². The highest BCUT2D eigenvalue weighted by Gasteiger charge is 2.41. The summed E-state index contributed by atoms with van der Waals surface area (Å²) in [6.45, 7) is 2.12. The summed E-state index contributed by atoms with van der Waals surface area (Å²) < 4.78 is 5.61. The van der Waals surface area contributed by atoms with Gasteiger partial charge in [-0.2, -0.15) is 0 Å². The van der Waals surface area contributed by atoms with Crippen molar-refractivity contribution in [1.29, 1.82) is 0 Å². The van der Waals surface area contributed by atoms with Crippen molar-refractivity contribution in [2.75, 3.05) is 11.5 Å². The minimum absolute atomic E-state index is 0.309. The number of ether oxygens (including phenoxy) is 1. The van der Waals surface area contributed by atoms with Crippen LogP contribution in [0.25, 0.3) is 0 Å². The summed E-state index contributed by atoms with van der Waals surface area (Å²) in [5, 5.41) is -0.461. The van der Waals surface area contributed by atoms with Crippen molar-refractivity contribution in [2.24, 2.45) is 5.73 Å². The van der Waals surface area contributed by atoms with Gasteiger partial charge in [0.15, 0.2) is 0 Å². The van der Waals surface area contributed by atoms with E-state index in [9.17, 15) is 4.79 Å². The number of esters is 1. The minimum Gasteiger partial charge on any atom is -0.465 e. The molecule has 0 saturated carbocycles. The normalized spacial score (nSPS) is 23.2. The van der Waals surface area contributed by atoms with Crippen LogP contribution in [0.1, 0.15) is 6.92 Å². The SMILES string of the molecule is CCOC(=O)[C@H]1SC(=S)N(c2ccccc2)[C@H]1N. The topological polar surface area (TPSA) is 55.6 Å². The van der Waals surface area contributed by atoms with Gasteiger partial charge in [-0.15, -0.1) is 0 Å². The van der Waals surface area contributed by atoms with Crippen LogP contribution in [-0.2, 0) is 9.53 Å². The maximum absolute atomic E-state index is 11.8. The Labute approximate surface area is 115 Å². The number of anilines is 1. The highest BCUT2D eigenvalue weighted by atomic mass is 32.2. The number of benzene rings is 1. The van der Waals surface area contributed by atoms with Crippen LogP contribution in [0.5, 0.6) is 0 Å². The fourth-order valence-corrected chi connectivity index (χ4v) is 3.29. The number of hydrogen-bond acceptors (Lipinski definition) is 5. The molecule has 1 aliphatic heterocycles. The third kappa shape index (κ3) is 2.50. The van der Waals surface area contributed by atoms with Gasteiger partial charge in [-0.25, -0.2) is 0 Å². The Morgan fingerprint density at radius 2 is 2.17 bits per heavy atom. The largest absolute Gasteiger partial charge is 0.465 e. The first-order valence-corrected chi connectivity index (χ1v) is 6.91. The van der Waals surface area contributed by atoms with Crippen molar-refractivity contribution in [3.05, 3.63) is 30.3 Å². The fraction of sp³-hybridized carbons (Fsp3) is 0.333. The summed E-state index contributed by atoms with van der Waals surface area (Å²) in [4.78, 5) is 13.6. The second kappa shape index (κ2) is 5.69. The molecule has 4 nitrogen and oxygen atoms in total. The minimum atomic E-state index is -0.482. The van der Waals surface area contributed by atoms with Crippen LogP contribution in [0.2, 0.25) is 0 Å². The third-order valence-corrected chi connectivity index (χ3v) is 4.20. The molecular weight excluding hydrogens is 268 g/mol. The van der Waals surface area contributed by atoms with E-state index in [1.807, 2.05) is 30.3 Å². The lowest BCUT2D eigenvalue weighted by atomic mass is 10.2. The first kappa shape index (κ1) is 13.3. The van der Waals surface area contributed by atoms with E-state index in [-0.39, 0.29) is 5.97 Å². The molecular formula is C12H14N2O2S2. The van der Waals surface area contributed by atoms with Gasteiger partial charge < -0.3 is 15.4 Å². The van der Waals surface area contributed by atoms with Crippen LogP contribution in [0.4, 0.5) is 5.69 Å². The maximum atomic E-state index is 11.8. The van der Waals surface area contributed by atoms with Gasteiger partial charge in [-0.1, -0.05) is 42.2 Å². The second-order valence-electron chi connectivity index (χ2n) is 3.75. The quantitative estimate of drug-likeness (QED) is 0.673. The molecule has 96 valence electrons. The number of nitrogens with two attached hydrogens (primary N) is 1. The lowest BCUT2D eigenvalue weighted by Crippen LogP contribution is -2.46. The predicted octanol–water partition coefficient (Wildman–Crippen LogP) is 1.74. The average Bonchev–Trinajstić information content (AvgIpc) is 2.66. The van der Waals surface area contributed by atoms with Crippen LogP contribution < -0.4 is 10.6 Å². The number of nitrogens with zero attached hydrogens (tertiary/aromatic N) is 1. The molecule has 0 amide bonds. The second-order valence-corrected chi connectivity index (χ2v) is 5.53. The number of carbonyl (C=O) groups excluding carboxylic acids is 1. The lowest BCUT2D eigenvalue weighted by molar-refractivity contribution is -0.142. The Morgan fingerprint density at radius 1 is 1.50 bits per heavy atom. The summed E-state index contributed by atoms with van der Waals surface area (Å²) in [5.74, 6) is -0.309. The highest BCUT2D eigenvalue weighted by Crippen LogP contribution is 2.34. The maximum Gasteiger partial charge on any atom is 0.323 e. The molecule has 2 rings (SSSR count). The van der Waals surface area contributed by atoms with Crippen molar-refractivity contribution in [1.82, 2.24) is 0 Å². The van der Waals surface area contributed by atoms with Crippen LogP contribution in [0.15, 0.2) is 30.3 Å². The van der Waals surface area contributed by atoms with Gasteiger partial charge in [0.1, 0.15) is 15.7 Å². The van der Waals surface area contributed by atoms with Crippen molar-refractivity contribution in [3.63, 3.8) is 0 Å². The van der Waals surface area contributed by atoms with Crippen molar-refractivity contribution in [3.8, 4) is 0 Å². The zero-order chi connectivity index (χ0) is 13.1. The molecule has 2 atom stereocenters. The number of hydrogen-bond donors (Lipinski definition) is 1. The molecule has 0 bridgehead atoms. The van der Waals surface area contributed by atoms with Crippen LogP contribution in [0.3, 0.4) is 0 Å². The summed E-state index contributed by atoms with van der Waals surface area (Å²) in [6.07, 6.45) is -0.482. The van der Waals surface area contributed by atoms with Gasteiger partial charge in [-0.3, -0.25) is 4.79 Å². The van der Waals surface area contributed by atoms with Gasteiger partial charge in [0.2, 0.25) is 0 Å². The van der Waals surface area contributed by atoms with Crippen LogP contribution >= 0.6 is 24.0 Å². The van der Waals surface area contributed by atoms with Gasteiger partial charge in [-0.05, 0) is 19.1 Å². The van der Waals surface area contributed by atoms with Gasteiger partial charge in [0.05, 0.1) is 6.61 Å². The zero-order valence-electron chi connectivity index (χ0n) is 9.91. The molecule has 1 heterocycles. The van der Waals surface area contributed by atoms with Crippen molar-refractivity contribution in [2.45, 2.75) is 18.3 Å². The third-order valence-electron chi connectivity index (χ3n) is 2.59. The molecule has 1 aromatic rings. The van der Waals surface area contributed by atoms with Gasteiger partial charge >= 0.3 is 5.97 Å². The van der Waals surface area contributed by atoms with Gasteiger partial charge in [0.25, 0.3) is 0 Å². The standard InChI is InChI=1S/C12H14N2O2S2/c1-2-16-11(15)9-10(13)14(12(17)18-9)8-6-4-3-5-7-8/h3-7,9-10H,2,13H2,1H3/t9-,10+/m0/s1. The fourth-order valence-electron chi connectivity index (χ4n) is 1.77. The highest BCUT2D eigenvalue weighted by molar-refractivity contribution is 8.24. The first-order chi connectivity index (χ1) is 8.65. The predicted molar refractivity (Wildman–Crippen MR) is 77.5 cm³/mol. The first-order valence-electron chi connectivity index (χ1n) is 5.62. The van der Waals surface area contributed by atoms with E-state index in [2.05, 4.69) is 0 Å². The number of rotatable bonds is 3. The summed E-state index contributed by atoms with van der Waals surface area (Å²) in [6, 6.07) is 9.57. The molecule has 2 N–H and O–H groups in total. The lowest BCUT2D eigenvalue weighted by Gasteiger charge is -2.23. The zero-order valence-corrected chi connectivity index (χ0v) is 11.5. The molecule has 1 saturated heterocycles. The van der Waals surface area contributed by atoms with Gasteiger partial charge in [0, 0.05) is 5.69 Å². The molecule has 0 spiro atoms. The molecule has 0 unspecified atom stereocenters.